The van der Waals surface area contributed by atoms with Crippen molar-refractivity contribution < 1.29 is 13.2 Å². The molecule has 27 heavy (non-hydrogen) atoms. The van der Waals surface area contributed by atoms with Crippen LogP contribution in [-0.4, -0.2) is 24.2 Å². The number of ketones is 1. The number of nitrogens with zero attached hydrogens (tertiary/aromatic N) is 1. The average molecular weight is 384 g/mol. The maximum Gasteiger partial charge on any atom is 0.296 e. The number of hydrogen-bond acceptors (Lipinski definition) is 4. The molecule has 3 rings (SSSR count). The first kappa shape index (κ1) is 18.8. The summed E-state index contributed by atoms with van der Waals surface area (Å²) in [7, 11) is -3.83. The van der Waals surface area contributed by atoms with Gasteiger partial charge in [-0.05, 0) is 31.2 Å². The van der Waals surface area contributed by atoms with Crippen LogP contribution < -0.4 is 9.86 Å². The van der Waals surface area contributed by atoms with Crippen LogP contribution >= 0.6 is 0 Å². The molecular weight excluding hydrogens is 364 g/mol. The Morgan fingerprint density at radius 1 is 1.11 bits per heavy atom. The van der Waals surface area contributed by atoms with E-state index < -0.39 is 10.2 Å². The number of benzene rings is 1. The van der Waals surface area contributed by atoms with Gasteiger partial charge in [0.15, 0.2) is 0 Å². The number of hydrogen-bond donors (Lipinski definition) is 3. The Balaban J connectivity index is 1.77. The van der Waals surface area contributed by atoms with Crippen molar-refractivity contribution >= 4 is 21.7 Å². The van der Waals surface area contributed by atoms with Crippen molar-refractivity contribution in [2.75, 3.05) is 4.72 Å². The SMILES string of the molecule is Cc1ccc(C(=O)c2ccc(C(C)c3ccc(NS(N)(=O)=O)cn3)[nH]2)cc1. The normalized spacial score (nSPS) is 12.6. The van der Waals surface area contributed by atoms with Gasteiger partial charge in [-0.1, -0.05) is 36.8 Å². The van der Waals surface area contributed by atoms with E-state index in [9.17, 15) is 13.2 Å². The standard InChI is InChI=1S/C19H20N4O3S/c1-12-3-5-14(6-4-12)19(24)18-10-9-17(22-18)13(2)16-8-7-15(11-21-16)23-27(20,25)26/h3-11,13,22-23H,1-2H3,(H2,20,25,26). The largest absolute Gasteiger partial charge is 0.355 e. The Morgan fingerprint density at radius 3 is 2.41 bits per heavy atom. The summed E-state index contributed by atoms with van der Waals surface area (Å²) >= 11 is 0. The van der Waals surface area contributed by atoms with Gasteiger partial charge < -0.3 is 4.98 Å². The lowest BCUT2D eigenvalue weighted by atomic mass is 10.0. The number of nitrogens with one attached hydrogen (secondary N) is 2. The van der Waals surface area contributed by atoms with E-state index >= 15 is 0 Å². The average Bonchev–Trinajstić information content (AvgIpc) is 3.10. The number of carbonyl (C=O) groups is 1. The molecule has 0 aliphatic rings. The third-order valence-corrected chi connectivity index (χ3v) is 4.74. The smallest absolute Gasteiger partial charge is 0.296 e. The molecule has 0 saturated carbocycles. The number of aryl methyl sites for hydroxylation is 1. The Bertz CT molecular complexity index is 1060. The Morgan fingerprint density at radius 2 is 1.81 bits per heavy atom. The molecule has 1 aromatic carbocycles. The van der Waals surface area contributed by atoms with Gasteiger partial charge in [-0.25, -0.2) is 5.14 Å². The molecule has 140 valence electrons. The predicted octanol–water partition coefficient (Wildman–Crippen LogP) is 2.72. The van der Waals surface area contributed by atoms with Crippen LogP contribution in [0.15, 0.2) is 54.7 Å². The van der Waals surface area contributed by atoms with Crippen molar-refractivity contribution in [1.82, 2.24) is 9.97 Å². The molecule has 0 fully saturated rings. The van der Waals surface area contributed by atoms with Gasteiger partial charge in [-0.2, -0.15) is 8.42 Å². The van der Waals surface area contributed by atoms with E-state index in [0.717, 1.165) is 17.0 Å². The van der Waals surface area contributed by atoms with E-state index in [1.165, 1.54) is 6.20 Å². The Labute approximate surface area is 157 Å². The Hall–Kier alpha value is -2.97. The molecule has 1 unspecified atom stereocenters. The van der Waals surface area contributed by atoms with Crippen LogP contribution in [0.2, 0.25) is 0 Å². The highest BCUT2D eigenvalue weighted by molar-refractivity contribution is 7.90. The van der Waals surface area contributed by atoms with Crippen molar-refractivity contribution in [1.29, 1.82) is 0 Å². The molecule has 0 aliphatic carbocycles. The molecule has 2 heterocycles. The maximum absolute atomic E-state index is 12.6. The molecule has 2 aromatic heterocycles. The van der Waals surface area contributed by atoms with E-state index in [0.29, 0.717) is 11.3 Å². The topological polar surface area (TPSA) is 118 Å². The van der Waals surface area contributed by atoms with Gasteiger partial charge in [-0.15, -0.1) is 0 Å². The van der Waals surface area contributed by atoms with E-state index in [1.54, 1.807) is 30.3 Å². The second kappa shape index (κ2) is 7.34. The van der Waals surface area contributed by atoms with Gasteiger partial charge in [0, 0.05) is 22.9 Å². The monoisotopic (exact) mass is 384 g/mol. The van der Waals surface area contributed by atoms with Gasteiger partial charge in [-0.3, -0.25) is 14.5 Å². The van der Waals surface area contributed by atoms with Gasteiger partial charge in [0.25, 0.3) is 10.2 Å². The number of pyridine rings is 1. The summed E-state index contributed by atoms with van der Waals surface area (Å²) in [6, 6.07) is 14.3. The second-order valence-corrected chi connectivity index (χ2v) is 7.66. The third-order valence-electron chi connectivity index (χ3n) is 4.22. The van der Waals surface area contributed by atoms with Gasteiger partial charge >= 0.3 is 0 Å². The highest BCUT2D eigenvalue weighted by Crippen LogP contribution is 2.23. The lowest BCUT2D eigenvalue weighted by Gasteiger charge is -2.10. The molecule has 0 aliphatic heterocycles. The summed E-state index contributed by atoms with van der Waals surface area (Å²) in [4.78, 5) is 20.0. The molecule has 0 radical (unpaired) electrons. The summed E-state index contributed by atoms with van der Waals surface area (Å²) in [6.45, 7) is 3.92. The first-order chi connectivity index (χ1) is 12.7. The van der Waals surface area contributed by atoms with Crippen LogP contribution in [0, 0.1) is 6.92 Å². The maximum atomic E-state index is 12.6. The zero-order valence-electron chi connectivity index (χ0n) is 14.9. The van der Waals surface area contributed by atoms with Gasteiger partial charge in [0.05, 0.1) is 17.6 Å². The highest BCUT2D eigenvalue weighted by Gasteiger charge is 2.16. The zero-order chi connectivity index (χ0) is 19.6. The molecule has 8 heteroatoms. The fourth-order valence-corrected chi connectivity index (χ4v) is 3.15. The number of anilines is 1. The summed E-state index contributed by atoms with van der Waals surface area (Å²) in [5, 5.41) is 4.94. The minimum atomic E-state index is -3.83. The van der Waals surface area contributed by atoms with Crippen molar-refractivity contribution in [3.8, 4) is 0 Å². The van der Waals surface area contributed by atoms with Crippen LogP contribution in [0.3, 0.4) is 0 Å². The quantitative estimate of drug-likeness (QED) is 0.566. The number of nitrogens with two attached hydrogens (primary N) is 1. The molecule has 0 amide bonds. The van der Waals surface area contributed by atoms with E-state index in [-0.39, 0.29) is 17.4 Å². The number of H-pyrrole nitrogens is 1. The fourth-order valence-electron chi connectivity index (χ4n) is 2.70. The molecule has 1 atom stereocenters. The van der Waals surface area contributed by atoms with Crippen LogP contribution in [0.25, 0.3) is 0 Å². The second-order valence-electron chi connectivity index (χ2n) is 6.36. The third kappa shape index (κ3) is 4.60. The molecular formula is C19H20N4O3S. The minimum Gasteiger partial charge on any atom is -0.355 e. The fraction of sp³-hybridized carbons (Fsp3) is 0.158. The van der Waals surface area contributed by atoms with Crippen LogP contribution in [0.1, 0.15) is 45.8 Å². The number of aromatic amines is 1. The molecule has 3 aromatic rings. The lowest BCUT2D eigenvalue weighted by Crippen LogP contribution is -2.21. The predicted molar refractivity (Wildman–Crippen MR) is 104 cm³/mol. The molecule has 0 spiro atoms. The minimum absolute atomic E-state index is 0.0749. The van der Waals surface area contributed by atoms with E-state index in [2.05, 4.69) is 14.7 Å². The molecule has 0 bridgehead atoms. The molecule has 4 N–H and O–H groups in total. The molecule has 7 nitrogen and oxygen atoms in total. The van der Waals surface area contributed by atoms with Crippen molar-refractivity contribution in [3.05, 3.63) is 82.9 Å². The first-order valence-corrected chi connectivity index (χ1v) is 9.84. The summed E-state index contributed by atoms with van der Waals surface area (Å²) < 4.78 is 24.3. The first-order valence-electron chi connectivity index (χ1n) is 8.30. The summed E-state index contributed by atoms with van der Waals surface area (Å²) in [5.41, 5.74) is 4.08. The van der Waals surface area contributed by atoms with Gasteiger partial charge in [0.2, 0.25) is 5.78 Å². The number of carbonyl (C=O) groups excluding carboxylic acids is 1. The van der Waals surface area contributed by atoms with Crippen molar-refractivity contribution in [3.63, 3.8) is 0 Å². The van der Waals surface area contributed by atoms with E-state index in [1.807, 2.05) is 32.0 Å². The van der Waals surface area contributed by atoms with Crippen LogP contribution in [-0.2, 0) is 10.2 Å². The lowest BCUT2D eigenvalue weighted by molar-refractivity contribution is 0.103. The van der Waals surface area contributed by atoms with Crippen molar-refractivity contribution in [2.24, 2.45) is 5.14 Å². The summed E-state index contributed by atoms with van der Waals surface area (Å²) in [6.07, 6.45) is 1.40. The highest BCUT2D eigenvalue weighted by atomic mass is 32.2. The Kier molecular flexibility index (Phi) is 5.11. The zero-order valence-corrected chi connectivity index (χ0v) is 15.7. The number of rotatable bonds is 6. The van der Waals surface area contributed by atoms with Crippen LogP contribution in [0.4, 0.5) is 5.69 Å². The van der Waals surface area contributed by atoms with Crippen molar-refractivity contribution in [2.45, 2.75) is 19.8 Å². The van der Waals surface area contributed by atoms with Crippen LogP contribution in [0.5, 0.6) is 0 Å². The van der Waals surface area contributed by atoms with E-state index in [4.69, 9.17) is 5.14 Å². The number of aromatic nitrogens is 2. The van der Waals surface area contributed by atoms with Gasteiger partial charge in [0.1, 0.15) is 0 Å². The summed E-state index contributed by atoms with van der Waals surface area (Å²) in [5.74, 6) is -0.179. The molecule has 0 saturated heterocycles.